The van der Waals surface area contributed by atoms with Crippen LogP contribution in [0, 0.1) is 0 Å². The zero-order valence-electron chi connectivity index (χ0n) is 20.4. The Morgan fingerprint density at radius 3 is 2.71 bits per heavy atom. The maximum atomic E-state index is 12.6. The van der Waals surface area contributed by atoms with Crippen molar-refractivity contribution < 1.29 is 9.13 Å². The average Bonchev–Trinajstić information content (AvgIpc) is 3.47. The lowest BCUT2D eigenvalue weighted by molar-refractivity contribution is 0.0455. The van der Waals surface area contributed by atoms with E-state index in [1.54, 1.807) is 10.9 Å². The van der Waals surface area contributed by atoms with Gasteiger partial charge in [-0.15, -0.1) is 23.1 Å². The van der Waals surface area contributed by atoms with Crippen molar-refractivity contribution in [2.24, 2.45) is 0 Å². The van der Waals surface area contributed by atoms with Crippen molar-refractivity contribution in [3.63, 3.8) is 0 Å². The van der Waals surface area contributed by atoms with Crippen LogP contribution in [0.3, 0.4) is 0 Å². The van der Waals surface area contributed by atoms with Crippen LogP contribution in [0.2, 0.25) is 0 Å². The molecule has 0 unspecified atom stereocenters. The molecule has 5 rings (SSSR count). The van der Waals surface area contributed by atoms with Crippen molar-refractivity contribution in [3.05, 3.63) is 41.8 Å². The van der Waals surface area contributed by atoms with Gasteiger partial charge in [0, 0.05) is 46.5 Å². The molecule has 1 saturated heterocycles. The summed E-state index contributed by atoms with van der Waals surface area (Å²) in [6.07, 6.45) is 10.5. The van der Waals surface area contributed by atoms with Crippen LogP contribution in [-0.2, 0) is 11.3 Å². The first kappa shape index (κ1) is 24.7. The molecular weight excluding hydrogens is 481 g/mol. The van der Waals surface area contributed by atoms with Crippen molar-refractivity contribution in [2.45, 2.75) is 74.2 Å². The van der Waals surface area contributed by atoms with Crippen molar-refractivity contribution in [3.8, 4) is 10.4 Å². The van der Waals surface area contributed by atoms with Crippen molar-refractivity contribution in [1.29, 1.82) is 0 Å². The lowest BCUT2D eigenvalue weighted by atomic mass is 9.86. The molecule has 1 aromatic carbocycles. The number of thioether (sulfide) groups is 1. The van der Waals surface area contributed by atoms with Gasteiger partial charge in [0.25, 0.3) is 0 Å². The summed E-state index contributed by atoms with van der Waals surface area (Å²) in [6.45, 7) is 5.88. The third-order valence-electron chi connectivity index (χ3n) is 6.55. The van der Waals surface area contributed by atoms with E-state index in [-0.39, 0.29) is 6.54 Å². The van der Waals surface area contributed by atoms with Crippen LogP contribution in [0.15, 0.2) is 41.7 Å². The topological polar surface area (TPSA) is 64.0 Å². The smallest absolute Gasteiger partial charge is 0.109 e. The molecular formula is C26H34FN5OS2. The van der Waals surface area contributed by atoms with Crippen LogP contribution in [0.5, 0.6) is 0 Å². The molecule has 2 fully saturated rings. The number of alkyl halides is 1. The monoisotopic (exact) mass is 515 g/mol. The van der Waals surface area contributed by atoms with Crippen LogP contribution in [0.1, 0.15) is 50.5 Å². The second kappa shape index (κ2) is 11.4. The number of aryl methyl sites for hydroxylation is 1. The Bertz CT molecular complexity index is 1100. The van der Waals surface area contributed by atoms with E-state index >= 15 is 0 Å². The number of nitrogens with zero attached hydrogens (tertiary/aromatic N) is 3. The molecule has 188 valence electrons. The summed E-state index contributed by atoms with van der Waals surface area (Å²) in [6, 6.07) is 7.68. The van der Waals surface area contributed by atoms with Gasteiger partial charge in [-0.3, -0.25) is 4.68 Å². The first-order valence-corrected chi connectivity index (χ1v) is 14.2. The summed E-state index contributed by atoms with van der Waals surface area (Å²) in [5.41, 5.74) is 3.09. The molecule has 1 saturated carbocycles. The molecule has 0 amide bonds. The van der Waals surface area contributed by atoms with Gasteiger partial charge in [-0.1, -0.05) is 19.9 Å². The number of halogens is 1. The summed E-state index contributed by atoms with van der Waals surface area (Å²) in [5.74, 6) is 0.567. The maximum Gasteiger partial charge on any atom is 0.109 e. The van der Waals surface area contributed by atoms with Gasteiger partial charge in [-0.2, -0.15) is 5.10 Å². The quantitative estimate of drug-likeness (QED) is 0.333. The first-order valence-electron chi connectivity index (χ1n) is 12.5. The Balaban J connectivity index is 1.31. The van der Waals surface area contributed by atoms with E-state index in [0.29, 0.717) is 23.3 Å². The van der Waals surface area contributed by atoms with Crippen LogP contribution >= 0.6 is 23.1 Å². The Kier molecular flexibility index (Phi) is 8.07. The highest BCUT2D eigenvalue weighted by Gasteiger charge is 2.26. The third kappa shape index (κ3) is 6.25. The highest BCUT2D eigenvalue weighted by molar-refractivity contribution is 8.00. The fourth-order valence-corrected chi connectivity index (χ4v) is 7.12. The van der Waals surface area contributed by atoms with E-state index in [1.165, 1.54) is 46.0 Å². The summed E-state index contributed by atoms with van der Waals surface area (Å²) in [4.78, 5) is 7.34. The molecule has 2 aliphatic rings. The maximum absolute atomic E-state index is 12.6. The Hall–Kier alpha value is -1.94. The number of nitrogens with one attached hydrogen (secondary N) is 2. The van der Waals surface area contributed by atoms with Crippen LogP contribution < -0.4 is 10.6 Å². The van der Waals surface area contributed by atoms with Gasteiger partial charge < -0.3 is 15.4 Å². The molecule has 35 heavy (non-hydrogen) atoms. The molecule has 0 radical (unpaired) electrons. The second-order valence-electron chi connectivity index (χ2n) is 9.73. The van der Waals surface area contributed by atoms with E-state index in [0.717, 1.165) is 24.6 Å². The highest BCUT2D eigenvalue weighted by Crippen LogP contribution is 2.42. The Labute approximate surface area is 215 Å². The predicted molar refractivity (Wildman–Crippen MR) is 143 cm³/mol. The lowest BCUT2D eigenvalue weighted by Gasteiger charge is -2.29. The Morgan fingerprint density at radius 2 is 2.00 bits per heavy atom. The van der Waals surface area contributed by atoms with E-state index in [9.17, 15) is 4.39 Å². The van der Waals surface area contributed by atoms with Crippen LogP contribution in [0.25, 0.3) is 10.4 Å². The number of aromatic nitrogens is 3. The van der Waals surface area contributed by atoms with Crippen molar-refractivity contribution >= 4 is 34.5 Å². The van der Waals surface area contributed by atoms with Crippen LogP contribution in [0.4, 0.5) is 15.8 Å². The average molecular weight is 516 g/mol. The second-order valence-corrected chi connectivity index (χ2v) is 12.1. The van der Waals surface area contributed by atoms with Gasteiger partial charge in [0.1, 0.15) is 6.67 Å². The number of anilines is 2. The zero-order valence-corrected chi connectivity index (χ0v) is 22.0. The minimum Gasteiger partial charge on any atom is -0.379 e. The molecule has 2 N–H and O–H groups in total. The lowest BCUT2D eigenvalue weighted by Crippen LogP contribution is -2.37. The minimum atomic E-state index is -0.423. The SMILES string of the molecule is CC(C)NC1CCC(c2ncc(-c3ccc(Nc4cnn(CCF)c4)cc3SC3COC3)s2)CC1. The van der Waals surface area contributed by atoms with E-state index in [4.69, 9.17) is 9.72 Å². The molecule has 3 heterocycles. The van der Waals surface area contributed by atoms with Gasteiger partial charge in [0.05, 0.1) is 46.8 Å². The molecule has 1 aliphatic carbocycles. The number of benzene rings is 1. The molecule has 9 heteroatoms. The van der Waals surface area contributed by atoms with Gasteiger partial charge in [0.2, 0.25) is 0 Å². The number of thiazole rings is 1. The molecule has 0 atom stereocenters. The van der Waals surface area contributed by atoms with E-state index in [1.807, 2.05) is 29.3 Å². The number of hydrogen-bond donors (Lipinski definition) is 2. The van der Waals surface area contributed by atoms with Crippen LogP contribution in [-0.4, -0.2) is 52.0 Å². The number of rotatable bonds is 10. The number of ether oxygens (including phenoxy) is 1. The van der Waals surface area contributed by atoms with Gasteiger partial charge in [-0.25, -0.2) is 9.37 Å². The van der Waals surface area contributed by atoms with E-state index < -0.39 is 6.67 Å². The summed E-state index contributed by atoms with van der Waals surface area (Å²) >= 11 is 3.72. The van der Waals surface area contributed by atoms with Crippen molar-refractivity contribution in [1.82, 2.24) is 20.1 Å². The standard InChI is InChI=1S/C26H34FN5OS2/c1-17(2)30-19-5-3-18(4-6-19)26-28-13-25(35-26)23-8-7-20(11-24(23)34-22-15-33-16-22)31-21-12-29-32(14-21)10-9-27/h7-8,11-14,17-19,22,30-31H,3-6,9-10,15-16H2,1-2H3. The van der Waals surface area contributed by atoms with Gasteiger partial charge in [-0.05, 0) is 37.8 Å². The largest absolute Gasteiger partial charge is 0.379 e. The first-order chi connectivity index (χ1) is 17.1. The fraction of sp³-hybridized carbons (Fsp3) is 0.538. The molecule has 3 aromatic rings. The molecule has 2 aromatic heterocycles. The minimum absolute atomic E-state index is 0.271. The fourth-order valence-electron chi connectivity index (χ4n) is 4.75. The predicted octanol–water partition coefficient (Wildman–Crippen LogP) is 6.23. The summed E-state index contributed by atoms with van der Waals surface area (Å²) in [5, 5.41) is 13.1. The third-order valence-corrected chi connectivity index (χ3v) is 8.94. The van der Waals surface area contributed by atoms with Crippen molar-refractivity contribution in [2.75, 3.05) is 25.2 Å². The molecule has 6 nitrogen and oxygen atoms in total. The molecule has 0 spiro atoms. The summed E-state index contributed by atoms with van der Waals surface area (Å²) < 4.78 is 19.7. The zero-order chi connectivity index (χ0) is 24.2. The molecule has 1 aliphatic heterocycles. The summed E-state index contributed by atoms with van der Waals surface area (Å²) in [7, 11) is 0. The van der Waals surface area contributed by atoms with Gasteiger partial charge >= 0.3 is 0 Å². The van der Waals surface area contributed by atoms with Gasteiger partial charge in [0.15, 0.2) is 0 Å². The van der Waals surface area contributed by atoms with E-state index in [2.05, 4.69) is 54.0 Å². The Morgan fingerprint density at radius 1 is 1.17 bits per heavy atom. The highest BCUT2D eigenvalue weighted by atomic mass is 32.2. The number of hydrogen-bond acceptors (Lipinski definition) is 7. The normalized spacial score (nSPS) is 20.8. The molecule has 0 bridgehead atoms.